The molecular formula is C25H23ClFN5O3. The first-order valence-corrected chi connectivity index (χ1v) is 11.2. The van der Waals surface area contributed by atoms with Crippen molar-refractivity contribution in [2.45, 2.75) is 33.9 Å². The zero-order chi connectivity index (χ0) is 25.3. The number of carbonyl (C=O) groups is 2. The van der Waals surface area contributed by atoms with Crippen LogP contribution in [0.5, 0.6) is 0 Å². The highest BCUT2D eigenvalue weighted by Gasteiger charge is 2.22. The Kier molecular flexibility index (Phi) is 6.70. The predicted octanol–water partition coefficient (Wildman–Crippen LogP) is 3.78. The molecule has 35 heavy (non-hydrogen) atoms. The van der Waals surface area contributed by atoms with Crippen LogP contribution in [0.15, 0.2) is 53.6 Å². The number of hydrogen-bond acceptors (Lipinski definition) is 4. The van der Waals surface area contributed by atoms with Crippen molar-refractivity contribution in [1.82, 2.24) is 19.5 Å². The Morgan fingerprint density at radius 3 is 2.49 bits per heavy atom. The van der Waals surface area contributed by atoms with Crippen LogP contribution in [0.25, 0.3) is 5.52 Å². The largest absolute Gasteiger partial charge is 0.348 e. The van der Waals surface area contributed by atoms with Crippen LogP contribution < -0.4 is 16.2 Å². The van der Waals surface area contributed by atoms with Gasteiger partial charge in [0.05, 0.1) is 5.56 Å². The second-order valence-electron chi connectivity index (χ2n) is 8.17. The molecule has 2 aromatic carbocycles. The monoisotopic (exact) mass is 495 g/mol. The molecule has 0 saturated carbocycles. The summed E-state index contributed by atoms with van der Waals surface area (Å²) < 4.78 is 15.7. The van der Waals surface area contributed by atoms with Gasteiger partial charge < -0.3 is 10.6 Å². The summed E-state index contributed by atoms with van der Waals surface area (Å²) in [7, 11) is 0. The van der Waals surface area contributed by atoms with E-state index in [1.807, 2.05) is 0 Å². The third-order valence-corrected chi connectivity index (χ3v) is 6.28. The minimum atomic E-state index is -0.497. The van der Waals surface area contributed by atoms with Crippen LogP contribution in [0.3, 0.4) is 0 Å². The second kappa shape index (κ2) is 9.71. The van der Waals surface area contributed by atoms with Crippen molar-refractivity contribution in [1.29, 1.82) is 0 Å². The molecule has 0 unspecified atom stereocenters. The molecule has 0 atom stereocenters. The first-order valence-electron chi connectivity index (χ1n) is 10.8. The van der Waals surface area contributed by atoms with Gasteiger partial charge in [-0.1, -0.05) is 29.8 Å². The Labute approximate surface area is 205 Å². The molecule has 180 valence electrons. The molecule has 2 heterocycles. The number of amides is 2. The number of hydrogen-bond donors (Lipinski definition) is 2. The molecule has 2 amide bonds. The number of halogens is 2. The van der Waals surface area contributed by atoms with Gasteiger partial charge in [0.2, 0.25) is 5.91 Å². The van der Waals surface area contributed by atoms with E-state index in [0.717, 1.165) is 10.2 Å². The van der Waals surface area contributed by atoms with Crippen LogP contribution in [-0.4, -0.2) is 26.0 Å². The molecule has 8 nitrogen and oxygen atoms in total. The summed E-state index contributed by atoms with van der Waals surface area (Å²) in [6.07, 6.45) is 1.41. The summed E-state index contributed by atoms with van der Waals surface area (Å²) in [6.45, 7) is 5.07. The van der Waals surface area contributed by atoms with Crippen LogP contribution in [-0.2, 0) is 17.9 Å². The molecule has 0 fully saturated rings. The third-order valence-electron chi connectivity index (χ3n) is 5.87. The Hall–Kier alpha value is -3.98. The number of fused-ring (bicyclic) bond motifs is 1. The van der Waals surface area contributed by atoms with E-state index in [1.165, 1.54) is 18.5 Å². The quantitative estimate of drug-likeness (QED) is 0.425. The van der Waals surface area contributed by atoms with Crippen LogP contribution >= 0.6 is 11.6 Å². The fourth-order valence-electron chi connectivity index (χ4n) is 3.94. The van der Waals surface area contributed by atoms with Gasteiger partial charge in [-0.05, 0) is 61.7 Å². The number of benzene rings is 2. The highest BCUT2D eigenvalue weighted by molar-refractivity contribution is 6.31. The van der Waals surface area contributed by atoms with Crippen molar-refractivity contribution in [3.05, 3.63) is 97.9 Å². The summed E-state index contributed by atoms with van der Waals surface area (Å²) in [5.74, 6) is -1.16. The summed E-state index contributed by atoms with van der Waals surface area (Å²) in [6, 6.07) is 11.0. The average molecular weight is 496 g/mol. The molecule has 0 spiro atoms. The van der Waals surface area contributed by atoms with Crippen LogP contribution in [0, 0.1) is 26.6 Å². The molecule has 0 saturated heterocycles. The maximum absolute atomic E-state index is 13.2. The van der Waals surface area contributed by atoms with E-state index in [1.54, 1.807) is 55.5 Å². The number of anilines is 1. The molecule has 4 aromatic rings. The maximum atomic E-state index is 13.2. The van der Waals surface area contributed by atoms with Gasteiger partial charge in [0.1, 0.15) is 24.2 Å². The fourth-order valence-corrected chi connectivity index (χ4v) is 4.12. The first kappa shape index (κ1) is 24.2. The number of carbonyl (C=O) groups excluding carboxylic acids is 2. The highest BCUT2D eigenvalue weighted by atomic mass is 35.5. The summed E-state index contributed by atoms with van der Waals surface area (Å²) in [5, 5.41) is 10.2. The van der Waals surface area contributed by atoms with Gasteiger partial charge in [-0.15, -0.1) is 0 Å². The van der Waals surface area contributed by atoms with Crippen LogP contribution in [0.1, 0.15) is 32.7 Å². The van der Waals surface area contributed by atoms with Gasteiger partial charge in [0, 0.05) is 22.9 Å². The topological polar surface area (TPSA) is 97.5 Å². The number of nitrogens with one attached hydrogen (secondary N) is 2. The molecule has 0 aliphatic carbocycles. The molecule has 0 aliphatic rings. The molecule has 10 heteroatoms. The van der Waals surface area contributed by atoms with Crippen molar-refractivity contribution in [2.75, 3.05) is 5.32 Å². The lowest BCUT2D eigenvalue weighted by Crippen LogP contribution is -2.31. The van der Waals surface area contributed by atoms with E-state index < -0.39 is 11.5 Å². The van der Waals surface area contributed by atoms with E-state index in [2.05, 4.69) is 15.7 Å². The Bertz CT molecular complexity index is 1510. The molecule has 2 N–H and O–H groups in total. The van der Waals surface area contributed by atoms with E-state index in [9.17, 15) is 18.8 Å². The highest BCUT2D eigenvalue weighted by Crippen LogP contribution is 2.23. The summed E-state index contributed by atoms with van der Waals surface area (Å²) in [5.41, 5.74) is 3.14. The molecular weight excluding hydrogens is 473 g/mol. The Balaban J connectivity index is 1.57. The number of aromatic nitrogens is 3. The van der Waals surface area contributed by atoms with Gasteiger partial charge in [-0.25, -0.2) is 9.07 Å². The lowest BCUT2D eigenvalue weighted by Gasteiger charge is -2.10. The molecule has 4 rings (SSSR count). The summed E-state index contributed by atoms with van der Waals surface area (Å²) in [4.78, 5) is 38.7. The second-order valence-corrected chi connectivity index (χ2v) is 8.57. The lowest BCUT2D eigenvalue weighted by molar-refractivity contribution is -0.117. The summed E-state index contributed by atoms with van der Waals surface area (Å²) >= 11 is 6.10. The molecule has 2 aromatic heterocycles. The fraction of sp³-hybridized carbons (Fsp3) is 0.200. The maximum Gasteiger partial charge on any atom is 0.291 e. The van der Waals surface area contributed by atoms with Gasteiger partial charge in [0.15, 0.2) is 0 Å². The van der Waals surface area contributed by atoms with Crippen molar-refractivity contribution in [3.8, 4) is 0 Å². The lowest BCUT2D eigenvalue weighted by atomic mass is 10.1. The van der Waals surface area contributed by atoms with Crippen molar-refractivity contribution < 1.29 is 14.0 Å². The minimum Gasteiger partial charge on any atom is -0.348 e. The predicted molar refractivity (Wildman–Crippen MR) is 131 cm³/mol. The SMILES string of the molecule is Cc1c(Cl)cccc1NC(=O)Cn1ncn2c(C)c(C(=O)NCc3ccc(F)cc3)c(C)c2c1=O. The number of nitrogens with zero attached hydrogens (tertiary/aromatic N) is 3. The zero-order valence-corrected chi connectivity index (χ0v) is 20.1. The van der Waals surface area contributed by atoms with Crippen molar-refractivity contribution in [2.24, 2.45) is 0 Å². The van der Waals surface area contributed by atoms with Gasteiger partial charge in [-0.3, -0.25) is 18.8 Å². The van der Waals surface area contributed by atoms with Crippen LogP contribution in [0.2, 0.25) is 5.02 Å². The Morgan fingerprint density at radius 2 is 1.77 bits per heavy atom. The molecule has 0 radical (unpaired) electrons. The van der Waals surface area contributed by atoms with Gasteiger partial charge in [-0.2, -0.15) is 5.10 Å². The van der Waals surface area contributed by atoms with Crippen molar-refractivity contribution >= 4 is 34.6 Å². The molecule has 0 bridgehead atoms. The van der Waals surface area contributed by atoms with E-state index in [4.69, 9.17) is 11.6 Å². The first-order chi connectivity index (χ1) is 16.7. The van der Waals surface area contributed by atoms with Gasteiger partial charge in [0.25, 0.3) is 11.5 Å². The minimum absolute atomic E-state index is 0.204. The molecule has 0 aliphatic heterocycles. The number of rotatable bonds is 6. The standard InChI is InChI=1S/C25H23ClFN5O3/c1-14-19(26)5-4-6-20(14)30-21(33)12-32-25(35)23-15(2)22(16(3)31(23)13-29-32)24(34)28-11-17-7-9-18(27)10-8-17/h4-10,13H,11-12H2,1-3H3,(H,28,34)(H,30,33). The zero-order valence-electron chi connectivity index (χ0n) is 19.4. The van der Waals surface area contributed by atoms with Crippen molar-refractivity contribution in [3.63, 3.8) is 0 Å². The van der Waals surface area contributed by atoms with E-state index in [-0.39, 0.29) is 30.3 Å². The van der Waals surface area contributed by atoms with E-state index >= 15 is 0 Å². The smallest absolute Gasteiger partial charge is 0.291 e. The average Bonchev–Trinajstić information content (AvgIpc) is 3.08. The van der Waals surface area contributed by atoms with Crippen LogP contribution in [0.4, 0.5) is 10.1 Å². The Morgan fingerprint density at radius 1 is 1.06 bits per heavy atom. The number of aryl methyl sites for hydroxylation is 2. The van der Waals surface area contributed by atoms with Gasteiger partial charge >= 0.3 is 0 Å². The third kappa shape index (κ3) is 4.81. The van der Waals surface area contributed by atoms with E-state index in [0.29, 0.717) is 33.1 Å². The normalized spacial score (nSPS) is 11.0.